The van der Waals surface area contributed by atoms with E-state index < -0.39 is 0 Å². The molecule has 2 aliphatic rings. The van der Waals surface area contributed by atoms with Crippen molar-refractivity contribution >= 4 is 11.9 Å². The first-order valence-corrected chi connectivity index (χ1v) is 8.30. The lowest BCUT2D eigenvalue weighted by Crippen LogP contribution is -2.46. The van der Waals surface area contributed by atoms with Gasteiger partial charge in [-0.15, -0.1) is 0 Å². The molecular formula is C16H29N3O2. The van der Waals surface area contributed by atoms with Crippen LogP contribution in [0.3, 0.4) is 0 Å². The third kappa shape index (κ3) is 4.90. The molecule has 2 rings (SSSR count). The fraction of sp³-hybridized carbons (Fsp3) is 0.875. The number of rotatable bonds is 4. The lowest BCUT2D eigenvalue weighted by molar-refractivity contribution is -0.128. The van der Waals surface area contributed by atoms with E-state index in [9.17, 15) is 9.59 Å². The molecule has 0 spiro atoms. The zero-order valence-corrected chi connectivity index (χ0v) is 13.4. The lowest BCUT2D eigenvalue weighted by atomic mass is 9.69. The van der Waals surface area contributed by atoms with Crippen molar-refractivity contribution in [3.05, 3.63) is 0 Å². The molecule has 0 bridgehead atoms. The number of fused-ring (bicyclic) bond motifs is 1. The van der Waals surface area contributed by atoms with Crippen LogP contribution in [0, 0.1) is 11.8 Å². The van der Waals surface area contributed by atoms with E-state index in [2.05, 4.69) is 10.6 Å². The second-order valence-corrected chi connectivity index (χ2v) is 6.75. The Bertz CT molecular complexity index is 371. The Kier molecular flexibility index (Phi) is 5.88. The summed E-state index contributed by atoms with van der Waals surface area (Å²) in [6.45, 7) is 0.404. The zero-order chi connectivity index (χ0) is 15.2. The van der Waals surface area contributed by atoms with Gasteiger partial charge in [-0.2, -0.15) is 0 Å². The van der Waals surface area contributed by atoms with E-state index >= 15 is 0 Å². The van der Waals surface area contributed by atoms with E-state index in [0.717, 1.165) is 24.7 Å². The van der Waals surface area contributed by atoms with E-state index in [4.69, 9.17) is 0 Å². The second-order valence-electron chi connectivity index (χ2n) is 6.75. The fourth-order valence-corrected chi connectivity index (χ4v) is 3.75. The molecule has 0 aromatic heterocycles. The van der Waals surface area contributed by atoms with Gasteiger partial charge in [-0.05, 0) is 31.1 Å². The van der Waals surface area contributed by atoms with Gasteiger partial charge in [-0.25, -0.2) is 4.79 Å². The van der Waals surface area contributed by atoms with Crippen LogP contribution in [0.4, 0.5) is 4.79 Å². The summed E-state index contributed by atoms with van der Waals surface area (Å²) in [5.74, 6) is 1.75. The Labute approximate surface area is 127 Å². The van der Waals surface area contributed by atoms with E-state index in [1.807, 2.05) is 0 Å². The molecule has 2 fully saturated rings. The third-order valence-electron chi connectivity index (χ3n) is 5.00. The largest absolute Gasteiger partial charge is 0.349 e. The van der Waals surface area contributed by atoms with Gasteiger partial charge < -0.3 is 15.5 Å². The van der Waals surface area contributed by atoms with Crippen molar-refractivity contribution in [1.82, 2.24) is 15.5 Å². The minimum absolute atomic E-state index is 0.0398. The predicted molar refractivity (Wildman–Crippen MR) is 82.9 cm³/mol. The van der Waals surface area contributed by atoms with Gasteiger partial charge >= 0.3 is 6.03 Å². The number of hydrogen-bond acceptors (Lipinski definition) is 2. The standard InChI is InChI=1S/C16H29N3O2/c1-19(2)15(20)9-10-17-16(21)18-14-8-7-12-5-3-4-6-13(12)11-14/h12-14H,3-11H2,1-2H3,(H2,17,18,21). The average molecular weight is 295 g/mol. The molecule has 0 aromatic rings. The number of carbonyl (C=O) groups excluding carboxylic acids is 2. The molecule has 21 heavy (non-hydrogen) atoms. The van der Waals surface area contributed by atoms with Gasteiger partial charge in [0.05, 0.1) is 0 Å². The smallest absolute Gasteiger partial charge is 0.315 e. The van der Waals surface area contributed by atoms with Gasteiger partial charge in [0.1, 0.15) is 0 Å². The van der Waals surface area contributed by atoms with Crippen LogP contribution in [0.15, 0.2) is 0 Å². The summed E-state index contributed by atoms with van der Waals surface area (Å²) in [4.78, 5) is 24.8. The SMILES string of the molecule is CN(C)C(=O)CCNC(=O)NC1CCC2CCCCC2C1. The molecule has 0 radical (unpaired) electrons. The van der Waals surface area contributed by atoms with Crippen LogP contribution in [0.5, 0.6) is 0 Å². The molecule has 0 aliphatic heterocycles. The summed E-state index contributed by atoms with van der Waals surface area (Å²) in [5.41, 5.74) is 0. The topological polar surface area (TPSA) is 61.4 Å². The number of amides is 3. The first-order chi connectivity index (χ1) is 10.1. The highest BCUT2D eigenvalue weighted by Crippen LogP contribution is 2.40. The fourth-order valence-electron chi connectivity index (χ4n) is 3.75. The summed E-state index contributed by atoms with van der Waals surface area (Å²) >= 11 is 0. The maximum Gasteiger partial charge on any atom is 0.315 e. The van der Waals surface area contributed by atoms with Crippen molar-refractivity contribution in [3.63, 3.8) is 0 Å². The monoisotopic (exact) mass is 295 g/mol. The van der Waals surface area contributed by atoms with Crippen molar-refractivity contribution in [2.75, 3.05) is 20.6 Å². The van der Waals surface area contributed by atoms with Crippen molar-refractivity contribution in [3.8, 4) is 0 Å². The van der Waals surface area contributed by atoms with Crippen molar-refractivity contribution in [1.29, 1.82) is 0 Å². The maximum atomic E-state index is 11.9. The van der Waals surface area contributed by atoms with Gasteiger partial charge in [0, 0.05) is 33.1 Å². The second kappa shape index (κ2) is 7.66. The van der Waals surface area contributed by atoms with Gasteiger partial charge in [0.15, 0.2) is 0 Å². The highest BCUT2D eigenvalue weighted by molar-refractivity contribution is 5.78. The van der Waals surface area contributed by atoms with Crippen LogP contribution in [-0.4, -0.2) is 43.5 Å². The predicted octanol–water partition coefficient (Wildman–Crippen LogP) is 2.12. The van der Waals surface area contributed by atoms with Crippen LogP contribution >= 0.6 is 0 Å². The number of nitrogens with one attached hydrogen (secondary N) is 2. The highest BCUT2D eigenvalue weighted by Gasteiger charge is 2.32. The molecule has 2 aliphatic carbocycles. The van der Waals surface area contributed by atoms with E-state index in [1.165, 1.54) is 32.1 Å². The number of nitrogens with zero attached hydrogens (tertiary/aromatic N) is 1. The van der Waals surface area contributed by atoms with Gasteiger partial charge in [0.25, 0.3) is 0 Å². The minimum atomic E-state index is -0.124. The van der Waals surface area contributed by atoms with E-state index in [0.29, 0.717) is 19.0 Å². The Hall–Kier alpha value is -1.26. The lowest BCUT2D eigenvalue weighted by Gasteiger charge is -2.39. The number of hydrogen-bond donors (Lipinski definition) is 2. The van der Waals surface area contributed by atoms with Crippen LogP contribution in [0.2, 0.25) is 0 Å². The highest BCUT2D eigenvalue weighted by atomic mass is 16.2. The Morgan fingerprint density at radius 1 is 1.05 bits per heavy atom. The van der Waals surface area contributed by atoms with E-state index in [1.54, 1.807) is 19.0 Å². The first-order valence-electron chi connectivity index (χ1n) is 8.30. The molecule has 3 atom stereocenters. The molecule has 3 unspecified atom stereocenters. The molecule has 0 aromatic carbocycles. The van der Waals surface area contributed by atoms with Gasteiger partial charge in [-0.3, -0.25) is 4.79 Å². The molecule has 120 valence electrons. The van der Waals surface area contributed by atoms with Crippen LogP contribution < -0.4 is 10.6 Å². The van der Waals surface area contributed by atoms with Crippen LogP contribution in [-0.2, 0) is 4.79 Å². The molecule has 5 nitrogen and oxygen atoms in total. The summed E-state index contributed by atoms with van der Waals surface area (Å²) < 4.78 is 0. The summed E-state index contributed by atoms with van der Waals surface area (Å²) in [6, 6.07) is 0.190. The van der Waals surface area contributed by atoms with Crippen molar-refractivity contribution < 1.29 is 9.59 Å². The van der Waals surface area contributed by atoms with Crippen LogP contribution in [0.25, 0.3) is 0 Å². The summed E-state index contributed by atoms with van der Waals surface area (Å²) in [5, 5.41) is 5.87. The summed E-state index contributed by atoms with van der Waals surface area (Å²) in [6.07, 6.45) is 9.31. The third-order valence-corrected chi connectivity index (χ3v) is 5.00. The molecule has 0 saturated heterocycles. The average Bonchev–Trinajstić information content (AvgIpc) is 2.46. The minimum Gasteiger partial charge on any atom is -0.349 e. The Balaban J connectivity index is 1.65. The van der Waals surface area contributed by atoms with Crippen LogP contribution in [0.1, 0.15) is 51.4 Å². The first kappa shape index (κ1) is 16.1. The van der Waals surface area contributed by atoms with Crippen molar-refractivity contribution in [2.24, 2.45) is 11.8 Å². The number of carbonyl (C=O) groups is 2. The molecule has 2 N–H and O–H groups in total. The number of urea groups is 1. The molecule has 3 amide bonds. The normalized spacial score (nSPS) is 28.4. The quantitative estimate of drug-likeness (QED) is 0.834. The summed E-state index contributed by atoms with van der Waals surface area (Å²) in [7, 11) is 3.45. The Morgan fingerprint density at radius 3 is 2.48 bits per heavy atom. The molecular weight excluding hydrogens is 266 g/mol. The molecule has 2 saturated carbocycles. The zero-order valence-electron chi connectivity index (χ0n) is 13.4. The molecule has 0 heterocycles. The Morgan fingerprint density at radius 2 is 1.76 bits per heavy atom. The van der Waals surface area contributed by atoms with Crippen molar-refractivity contribution in [2.45, 2.75) is 57.4 Å². The molecule has 5 heteroatoms. The van der Waals surface area contributed by atoms with Gasteiger partial charge in [0.2, 0.25) is 5.91 Å². The van der Waals surface area contributed by atoms with Gasteiger partial charge in [-0.1, -0.05) is 25.7 Å². The van der Waals surface area contributed by atoms with E-state index in [-0.39, 0.29) is 11.9 Å². The maximum absolute atomic E-state index is 11.9.